The standard InChI is InChI=1S/C16H13BrO3S/c1-21-14-7-5-11(6-8-14)15(18)10-20-16(19)12-3-2-4-13(17)9-12/h2-9H,10H2,1H3. The van der Waals surface area contributed by atoms with Crippen molar-refractivity contribution in [1.82, 2.24) is 0 Å². The van der Waals surface area contributed by atoms with Crippen molar-refractivity contribution in [2.45, 2.75) is 4.90 Å². The van der Waals surface area contributed by atoms with Crippen LogP contribution in [0.2, 0.25) is 0 Å². The summed E-state index contributed by atoms with van der Waals surface area (Å²) < 4.78 is 5.83. The summed E-state index contributed by atoms with van der Waals surface area (Å²) in [6, 6.07) is 14.1. The second kappa shape index (κ2) is 7.43. The quantitative estimate of drug-likeness (QED) is 0.452. The van der Waals surface area contributed by atoms with Crippen molar-refractivity contribution in [2.75, 3.05) is 12.9 Å². The molecule has 5 heteroatoms. The molecule has 2 rings (SSSR count). The summed E-state index contributed by atoms with van der Waals surface area (Å²) in [4.78, 5) is 24.9. The summed E-state index contributed by atoms with van der Waals surface area (Å²) in [6.07, 6.45) is 1.97. The molecule has 0 aromatic heterocycles. The number of carbonyl (C=O) groups excluding carboxylic acids is 2. The largest absolute Gasteiger partial charge is 0.454 e. The van der Waals surface area contributed by atoms with Crippen molar-refractivity contribution in [2.24, 2.45) is 0 Å². The Morgan fingerprint density at radius 2 is 1.81 bits per heavy atom. The molecule has 2 aromatic rings. The van der Waals surface area contributed by atoms with Gasteiger partial charge in [-0.1, -0.05) is 34.1 Å². The zero-order chi connectivity index (χ0) is 15.2. The van der Waals surface area contributed by atoms with E-state index in [1.54, 1.807) is 42.1 Å². The minimum absolute atomic E-state index is 0.217. The summed E-state index contributed by atoms with van der Waals surface area (Å²) in [5.74, 6) is -0.726. The van der Waals surface area contributed by atoms with E-state index in [0.29, 0.717) is 11.1 Å². The van der Waals surface area contributed by atoms with Crippen molar-refractivity contribution in [3.8, 4) is 0 Å². The summed E-state index contributed by atoms with van der Waals surface area (Å²) in [6.45, 7) is -0.260. The molecule has 0 N–H and O–H groups in total. The van der Waals surface area contributed by atoms with Crippen LogP contribution in [-0.4, -0.2) is 24.6 Å². The van der Waals surface area contributed by atoms with Gasteiger partial charge in [0.25, 0.3) is 0 Å². The van der Waals surface area contributed by atoms with Gasteiger partial charge in [-0.05, 0) is 36.6 Å². The number of esters is 1. The maximum Gasteiger partial charge on any atom is 0.338 e. The Morgan fingerprint density at radius 3 is 2.43 bits per heavy atom. The Kier molecular flexibility index (Phi) is 5.59. The summed E-state index contributed by atoms with van der Waals surface area (Å²) >= 11 is 4.89. The predicted molar refractivity (Wildman–Crippen MR) is 87.0 cm³/mol. The van der Waals surface area contributed by atoms with Gasteiger partial charge in [-0.3, -0.25) is 4.79 Å². The van der Waals surface area contributed by atoms with Crippen LogP contribution in [0.25, 0.3) is 0 Å². The SMILES string of the molecule is CSc1ccc(C(=O)COC(=O)c2cccc(Br)c2)cc1. The molecule has 0 atom stereocenters. The highest BCUT2D eigenvalue weighted by atomic mass is 79.9. The van der Waals surface area contributed by atoms with Crippen LogP contribution in [0.5, 0.6) is 0 Å². The molecular weight excluding hydrogens is 352 g/mol. The fraction of sp³-hybridized carbons (Fsp3) is 0.125. The molecule has 0 aliphatic heterocycles. The van der Waals surface area contributed by atoms with Gasteiger partial charge in [-0.25, -0.2) is 4.79 Å². The summed E-state index contributed by atoms with van der Waals surface area (Å²) in [5.41, 5.74) is 0.949. The van der Waals surface area contributed by atoms with Gasteiger partial charge < -0.3 is 4.74 Å². The Bertz CT molecular complexity index is 653. The first-order chi connectivity index (χ1) is 10.1. The van der Waals surface area contributed by atoms with Crippen molar-refractivity contribution < 1.29 is 14.3 Å². The van der Waals surface area contributed by atoms with Crippen LogP contribution in [0.1, 0.15) is 20.7 Å². The molecule has 0 amide bonds. The average molecular weight is 365 g/mol. The lowest BCUT2D eigenvalue weighted by atomic mass is 10.1. The number of benzene rings is 2. The van der Waals surface area contributed by atoms with Crippen molar-refractivity contribution >= 4 is 39.4 Å². The van der Waals surface area contributed by atoms with E-state index in [1.807, 2.05) is 24.5 Å². The van der Waals surface area contributed by atoms with Crippen LogP contribution in [0, 0.1) is 0 Å². The first kappa shape index (κ1) is 15.8. The molecule has 0 aliphatic carbocycles. The molecule has 0 bridgehead atoms. The maximum absolute atomic E-state index is 12.0. The zero-order valence-electron chi connectivity index (χ0n) is 11.3. The van der Waals surface area contributed by atoms with Crippen LogP contribution in [0.4, 0.5) is 0 Å². The summed E-state index contributed by atoms with van der Waals surface area (Å²) in [7, 11) is 0. The zero-order valence-corrected chi connectivity index (χ0v) is 13.7. The number of ketones is 1. The number of thioether (sulfide) groups is 1. The third-order valence-electron chi connectivity index (χ3n) is 2.81. The first-order valence-corrected chi connectivity index (χ1v) is 8.22. The highest BCUT2D eigenvalue weighted by molar-refractivity contribution is 9.10. The van der Waals surface area contributed by atoms with E-state index in [4.69, 9.17) is 4.74 Å². The number of carbonyl (C=O) groups is 2. The predicted octanol–water partition coefficient (Wildman–Crippen LogP) is 4.21. The molecule has 0 unspecified atom stereocenters. The van der Waals surface area contributed by atoms with Gasteiger partial charge in [-0.2, -0.15) is 0 Å². The van der Waals surface area contributed by atoms with E-state index in [0.717, 1.165) is 9.37 Å². The molecule has 0 fully saturated rings. The summed E-state index contributed by atoms with van der Waals surface area (Å²) in [5, 5.41) is 0. The van der Waals surface area contributed by atoms with E-state index in [1.165, 1.54) is 0 Å². The van der Waals surface area contributed by atoms with E-state index >= 15 is 0 Å². The molecule has 108 valence electrons. The monoisotopic (exact) mass is 364 g/mol. The Hall–Kier alpha value is -1.59. The minimum Gasteiger partial charge on any atom is -0.454 e. The number of ether oxygens (including phenoxy) is 1. The number of halogens is 1. The highest BCUT2D eigenvalue weighted by Crippen LogP contribution is 2.16. The molecule has 2 aromatic carbocycles. The number of hydrogen-bond acceptors (Lipinski definition) is 4. The Morgan fingerprint density at radius 1 is 1.10 bits per heavy atom. The van der Waals surface area contributed by atoms with Crippen molar-refractivity contribution in [3.05, 3.63) is 64.1 Å². The Labute approximate surface area is 135 Å². The van der Waals surface area contributed by atoms with Crippen LogP contribution < -0.4 is 0 Å². The molecule has 0 heterocycles. The van der Waals surface area contributed by atoms with Gasteiger partial charge in [0.2, 0.25) is 0 Å². The fourth-order valence-corrected chi connectivity index (χ4v) is 2.50. The molecule has 0 spiro atoms. The van der Waals surface area contributed by atoms with Crippen molar-refractivity contribution in [3.63, 3.8) is 0 Å². The fourth-order valence-electron chi connectivity index (χ4n) is 1.69. The second-order valence-electron chi connectivity index (χ2n) is 4.24. The third kappa shape index (κ3) is 4.44. The Balaban J connectivity index is 1.95. The molecule has 0 saturated carbocycles. The lowest BCUT2D eigenvalue weighted by Gasteiger charge is -2.05. The third-order valence-corrected chi connectivity index (χ3v) is 4.04. The molecule has 0 radical (unpaired) electrons. The molecule has 0 saturated heterocycles. The van der Waals surface area contributed by atoms with E-state index in [9.17, 15) is 9.59 Å². The lowest BCUT2D eigenvalue weighted by molar-refractivity contribution is 0.0474. The molecular formula is C16H13BrO3S. The number of rotatable bonds is 5. The first-order valence-electron chi connectivity index (χ1n) is 6.20. The van der Waals surface area contributed by atoms with E-state index < -0.39 is 5.97 Å². The van der Waals surface area contributed by atoms with Crippen LogP contribution in [0.15, 0.2) is 57.9 Å². The normalized spacial score (nSPS) is 10.2. The molecule has 21 heavy (non-hydrogen) atoms. The molecule has 3 nitrogen and oxygen atoms in total. The van der Waals surface area contributed by atoms with Gasteiger partial charge >= 0.3 is 5.97 Å². The highest BCUT2D eigenvalue weighted by Gasteiger charge is 2.12. The lowest BCUT2D eigenvalue weighted by Crippen LogP contribution is -2.14. The average Bonchev–Trinajstić information content (AvgIpc) is 2.52. The topological polar surface area (TPSA) is 43.4 Å². The van der Waals surface area contributed by atoms with Crippen LogP contribution >= 0.6 is 27.7 Å². The smallest absolute Gasteiger partial charge is 0.338 e. The van der Waals surface area contributed by atoms with Crippen LogP contribution in [-0.2, 0) is 4.74 Å². The second-order valence-corrected chi connectivity index (χ2v) is 6.03. The number of hydrogen-bond donors (Lipinski definition) is 0. The van der Waals surface area contributed by atoms with Gasteiger partial charge in [0.15, 0.2) is 12.4 Å². The van der Waals surface area contributed by atoms with E-state index in [-0.39, 0.29) is 12.4 Å². The van der Waals surface area contributed by atoms with Gasteiger partial charge in [0.1, 0.15) is 0 Å². The maximum atomic E-state index is 12.0. The minimum atomic E-state index is -0.509. The molecule has 0 aliphatic rings. The van der Waals surface area contributed by atoms with Gasteiger partial charge in [0.05, 0.1) is 5.56 Å². The van der Waals surface area contributed by atoms with Crippen molar-refractivity contribution in [1.29, 1.82) is 0 Å². The van der Waals surface area contributed by atoms with Gasteiger partial charge in [0, 0.05) is 14.9 Å². The van der Waals surface area contributed by atoms with E-state index in [2.05, 4.69) is 15.9 Å². The van der Waals surface area contributed by atoms with Crippen LogP contribution in [0.3, 0.4) is 0 Å². The van der Waals surface area contributed by atoms with Gasteiger partial charge in [-0.15, -0.1) is 11.8 Å². The number of Topliss-reactive ketones (excluding diaryl/α,β-unsaturated/α-hetero) is 1.